The molecular weight excluding hydrogens is 345 g/mol. The number of fused-ring (bicyclic) bond motifs is 2. The Kier molecular flexibility index (Phi) is 4.69. The lowest BCUT2D eigenvalue weighted by molar-refractivity contribution is -0.119. The fraction of sp³-hybridized carbons (Fsp3) is 0.625. The normalized spacial score (nSPS) is 32.8. The lowest BCUT2D eigenvalue weighted by Crippen LogP contribution is -2.48. The summed E-state index contributed by atoms with van der Waals surface area (Å²) < 4.78 is 71.8. The molecular formula is C16H21F3O4S. The second-order valence-corrected chi connectivity index (χ2v) is 8.11. The van der Waals surface area contributed by atoms with Crippen LogP contribution in [-0.4, -0.2) is 25.1 Å². The van der Waals surface area contributed by atoms with Crippen molar-refractivity contribution in [2.24, 2.45) is 11.8 Å². The molecule has 0 unspecified atom stereocenters. The average molecular weight is 366 g/mol. The maximum atomic E-state index is 12.7. The molecule has 0 fully saturated rings. The van der Waals surface area contributed by atoms with Crippen LogP contribution in [0.25, 0.3) is 0 Å². The average Bonchev–Trinajstić information content (AvgIpc) is 2.71. The Morgan fingerprint density at radius 1 is 1.42 bits per heavy atom. The van der Waals surface area contributed by atoms with E-state index in [-0.39, 0.29) is 11.7 Å². The topological polar surface area (TPSA) is 52.6 Å². The van der Waals surface area contributed by atoms with Gasteiger partial charge in [-0.2, -0.15) is 21.6 Å². The molecule has 0 amide bonds. The van der Waals surface area contributed by atoms with Crippen molar-refractivity contribution in [3.63, 3.8) is 0 Å². The number of ether oxygens (including phenoxy) is 1. The molecule has 0 radical (unpaired) electrons. The minimum Gasteiger partial charge on any atom is -0.380 e. The van der Waals surface area contributed by atoms with Gasteiger partial charge >= 0.3 is 15.6 Å². The van der Waals surface area contributed by atoms with Gasteiger partial charge in [-0.1, -0.05) is 26.0 Å². The molecule has 2 bridgehead atoms. The zero-order valence-corrected chi connectivity index (χ0v) is 14.6. The van der Waals surface area contributed by atoms with Gasteiger partial charge in [-0.15, -0.1) is 6.58 Å². The van der Waals surface area contributed by atoms with E-state index in [1.54, 1.807) is 25.2 Å². The number of rotatable bonds is 6. The molecule has 24 heavy (non-hydrogen) atoms. The van der Waals surface area contributed by atoms with Gasteiger partial charge in [0.15, 0.2) is 0 Å². The van der Waals surface area contributed by atoms with E-state index in [4.69, 9.17) is 4.74 Å². The maximum absolute atomic E-state index is 12.7. The Labute approximate surface area is 140 Å². The molecule has 0 aromatic carbocycles. The number of alkyl halides is 3. The summed E-state index contributed by atoms with van der Waals surface area (Å²) >= 11 is 0. The summed E-state index contributed by atoms with van der Waals surface area (Å²) in [5.74, 6) is -0.983. The molecule has 0 N–H and O–H groups in total. The van der Waals surface area contributed by atoms with Gasteiger partial charge in [0.2, 0.25) is 0 Å². The lowest BCUT2D eigenvalue weighted by Gasteiger charge is -2.44. The van der Waals surface area contributed by atoms with Crippen LogP contribution < -0.4 is 0 Å². The summed E-state index contributed by atoms with van der Waals surface area (Å²) in [6.07, 6.45) is 7.35. The number of hydrogen-bond acceptors (Lipinski definition) is 4. The van der Waals surface area contributed by atoms with Crippen molar-refractivity contribution in [2.75, 3.05) is 0 Å². The zero-order valence-electron chi connectivity index (χ0n) is 13.8. The third-order valence-corrected chi connectivity index (χ3v) is 5.50. The first-order valence-corrected chi connectivity index (χ1v) is 9.03. The van der Waals surface area contributed by atoms with Crippen LogP contribution in [0.2, 0.25) is 0 Å². The molecule has 0 aromatic heterocycles. The summed E-state index contributed by atoms with van der Waals surface area (Å²) in [6.45, 7) is 8.99. The van der Waals surface area contributed by atoms with E-state index in [9.17, 15) is 21.6 Å². The summed E-state index contributed by atoms with van der Waals surface area (Å²) in [7, 11) is -5.73. The second-order valence-electron chi connectivity index (χ2n) is 6.58. The largest absolute Gasteiger partial charge is 0.534 e. The lowest BCUT2D eigenvalue weighted by atomic mass is 9.81. The predicted molar refractivity (Wildman–Crippen MR) is 83.3 cm³/mol. The second kappa shape index (κ2) is 5.91. The fourth-order valence-corrected chi connectivity index (χ4v) is 3.57. The summed E-state index contributed by atoms with van der Waals surface area (Å²) in [4.78, 5) is 0. The summed E-state index contributed by atoms with van der Waals surface area (Å²) in [6, 6.07) is 0. The smallest absolute Gasteiger partial charge is 0.380 e. The Morgan fingerprint density at radius 2 is 2.04 bits per heavy atom. The van der Waals surface area contributed by atoms with Gasteiger partial charge in [0.25, 0.3) is 0 Å². The van der Waals surface area contributed by atoms with Gasteiger partial charge in [0, 0.05) is 0 Å². The van der Waals surface area contributed by atoms with Gasteiger partial charge in [-0.3, -0.25) is 0 Å². The van der Waals surface area contributed by atoms with Gasteiger partial charge < -0.3 is 8.92 Å². The molecule has 2 aliphatic heterocycles. The van der Waals surface area contributed by atoms with Crippen molar-refractivity contribution in [3.8, 4) is 0 Å². The molecule has 0 aromatic rings. The van der Waals surface area contributed by atoms with Crippen LogP contribution in [0.15, 0.2) is 36.6 Å². The molecule has 0 saturated carbocycles. The van der Waals surface area contributed by atoms with E-state index >= 15 is 0 Å². The van der Waals surface area contributed by atoms with E-state index in [0.29, 0.717) is 12.8 Å². The number of hydrogen-bond donors (Lipinski definition) is 0. The number of allylic oxidation sites excluding steroid dienone is 1. The minimum absolute atomic E-state index is 0.108. The zero-order chi connectivity index (χ0) is 18.4. The number of halogens is 3. The molecule has 4 nitrogen and oxygen atoms in total. The molecule has 8 heteroatoms. The molecule has 0 aliphatic carbocycles. The van der Waals surface area contributed by atoms with Gasteiger partial charge in [0.05, 0.1) is 11.5 Å². The molecule has 0 spiro atoms. The third-order valence-electron chi connectivity index (χ3n) is 4.53. The Balaban J connectivity index is 2.48. The van der Waals surface area contributed by atoms with E-state index in [1.165, 1.54) is 6.08 Å². The van der Waals surface area contributed by atoms with Gasteiger partial charge in [0.1, 0.15) is 11.4 Å². The highest BCUT2D eigenvalue weighted by molar-refractivity contribution is 7.87. The molecule has 2 rings (SSSR count). The van der Waals surface area contributed by atoms with E-state index in [2.05, 4.69) is 10.8 Å². The maximum Gasteiger partial charge on any atom is 0.534 e. The van der Waals surface area contributed by atoms with Crippen molar-refractivity contribution in [1.29, 1.82) is 0 Å². The first-order chi connectivity index (χ1) is 10.9. The SMILES string of the molecule is C=CCC[C@H]1C(OS(=O)(=O)C(F)(F)F)=C[C@@]2(C(C)C)C=C[C@]1(C)O2. The molecule has 2 heterocycles. The van der Waals surface area contributed by atoms with Crippen LogP contribution >= 0.6 is 0 Å². The van der Waals surface area contributed by atoms with Gasteiger partial charge in [-0.25, -0.2) is 0 Å². The highest BCUT2D eigenvalue weighted by Gasteiger charge is 2.56. The Bertz CT molecular complexity index is 678. The molecule has 136 valence electrons. The van der Waals surface area contributed by atoms with Crippen molar-refractivity contribution < 1.29 is 30.5 Å². The molecule has 2 aliphatic rings. The van der Waals surface area contributed by atoms with Gasteiger partial charge in [-0.05, 0) is 37.8 Å². The fourth-order valence-electron chi connectivity index (χ4n) is 3.06. The van der Waals surface area contributed by atoms with Crippen LogP contribution in [0, 0.1) is 11.8 Å². The standard InChI is InChI=1S/C16H21F3O4S/c1-5-6-7-12-13(22-24(20,21)16(17,18)19)10-15(11(2)3)9-8-14(12,4)23-15/h5,8-12H,1,6-7H2,2-4H3/t12-,14-,15+/m0/s1. The van der Waals surface area contributed by atoms with Crippen LogP contribution in [0.5, 0.6) is 0 Å². The van der Waals surface area contributed by atoms with E-state index in [1.807, 2.05) is 13.8 Å². The van der Waals surface area contributed by atoms with Crippen molar-refractivity contribution in [2.45, 2.75) is 50.3 Å². The molecule has 3 atom stereocenters. The van der Waals surface area contributed by atoms with Crippen LogP contribution in [0.3, 0.4) is 0 Å². The van der Waals surface area contributed by atoms with E-state index < -0.39 is 32.7 Å². The predicted octanol–water partition coefficient (Wildman–Crippen LogP) is 4.07. The monoisotopic (exact) mass is 366 g/mol. The highest BCUT2D eigenvalue weighted by Crippen LogP contribution is 2.51. The minimum atomic E-state index is -5.73. The van der Waals surface area contributed by atoms with E-state index in [0.717, 1.165) is 0 Å². The van der Waals surface area contributed by atoms with Crippen molar-refractivity contribution in [1.82, 2.24) is 0 Å². The highest BCUT2D eigenvalue weighted by atomic mass is 32.2. The summed E-state index contributed by atoms with van der Waals surface area (Å²) in [5.41, 5.74) is -7.39. The first kappa shape index (κ1) is 19.1. The Hall–Kier alpha value is -1.28. The molecule has 0 saturated heterocycles. The van der Waals surface area contributed by atoms with Crippen molar-refractivity contribution >= 4 is 10.1 Å². The quantitative estimate of drug-likeness (QED) is 0.404. The third kappa shape index (κ3) is 3.13. The van der Waals surface area contributed by atoms with Crippen LogP contribution in [0.4, 0.5) is 13.2 Å². The van der Waals surface area contributed by atoms with Crippen LogP contribution in [0.1, 0.15) is 33.6 Å². The Morgan fingerprint density at radius 3 is 2.54 bits per heavy atom. The first-order valence-electron chi connectivity index (χ1n) is 7.62. The summed E-state index contributed by atoms with van der Waals surface area (Å²) in [5, 5.41) is 0. The van der Waals surface area contributed by atoms with Crippen molar-refractivity contribution in [3.05, 3.63) is 36.6 Å². The van der Waals surface area contributed by atoms with Crippen LogP contribution in [-0.2, 0) is 19.0 Å².